The Bertz CT molecular complexity index is 300. The second-order valence-electron chi connectivity index (χ2n) is 3.73. The molecule has 0 atom stereocenters. The van der Waals surface area contributed by atoms with Gasteiger partial charge in [-0.05, 0) is 47.2 Å². The fraction of sp³-hybridized carbons (Fsp3) is 0.500. The summed E-state index contributed by atoms with van der Waals surface area (Å²) in [6.45, 7) is 3.29. The molecule has 3 N–H and O–H groups in total. The van der Waals surface area contributed by atoms with Gasteiger partial charge in [0.2, 0.25) is 0 Å². The molecule has 0 spiro atoms. The van der Waals surface area contributed by atoms with E-state index in [1.54, 1.807) is 0 Å². The van der Waals surface area contributed by atoms with Crippen molar-refractivity contribution in [1.82, 2.24) is 0 Å². The van der Waals surface area contributed by atoms with Crippen LogP contribution in [0.2, 0.25) is 0 Å². The summed E-state index contributed by atoms with van der Waals surface area (Å²) in [5.41, 5.74) is 7.71. The van der Waals surface area contributed by atoms with Gasteiger partial charge in [-0.25, -0.2) is 0 Å². The van der Waals surface area contributed by atoms with Gasteiger partial charge in [-0.2, -0.15) is 0 Å². The first kappa shape index (κ1) is 12.6. The number of nitrogens with one attached hydrogen (secondary N) is 1. The van der Waals surface area contributed by atoms with Crippen LogP contribution in [0.25, 0.3) is 0 Å². The van der Waals surface area contributed by atoms with Crippen LogP contribution in [0.1, 0.15) is 32.6 Å². The summed E-state index contributed by atoms with van der Waals surface area (Å²) in [6, 6.07) is 5.99. The van der Waals surface area contributed by atoms with Crippen molar-refractivity contribution in [1.29, 1.82) is 0 Å². The van der Waals surface area contributed by atoms with Gasteiger partial charge in [0.1, 0.15) is 0 Å². The minimum Gasteiger partial charge on any atom is -0.399 e. The molecule has 0 aliphatic heterocycles. The largest absolute Gasteiger partial charge is 0.399 e. The van der Waals surface area contributed by atoms with Gasteiger partial charge in [-0.3, -0.25) is 0 Å². The number of nitrogens with two attached hydrogens (primary N) is 1. The molecule has 1 rings (SSSR count). The van der Waals surface area contributed by atoms with Gasteiger partial charge in [-0.1, -0.05) is 26.2 Å². The molecule has 0 aliphatic carbocycles. The number of hydrogen-bond donors (Lipinski definition) is 2. The molecule has 84 valence electrons. The lowest BCUT2D eigenvalue weighted by Gasteiger charge is -2.08. The highest BCUT2D eigenvalue weighted by molar-refractivity contribution is 14.1. The first-order valence-electron chi connectivity index (χ1n) is 5.53. The summed E-state index contributed by atoms with van der Waals surface area (Å²) in [5, 5.41) is 3.44. The maximum Gasteiger partial charge on any atom is 0.0477 e. The molecule has 0 saturated heterocycles. The predicted octanol–water partition coefficient (Wildman–Crippen LogP) is 3.87. The first-order chi connectivity index (χ1) is 7.24. The maximum atomic E-state index is 5.69. The number of nitrogen functional groups attached to an aromatic ring is 1. The van der Waals surface area contributed by atoms with Gasteiger partial charge in [0.15, 0.2) is 0 Å². The smallest absolute Gasteiger partial charge is 0.0477 e. The van der Waals surface area contributed by atoms with Gasteiger partial charge >= 0.3 is 0 Å². The van der Waals surface area contributed by atoms with Crippen molar-refractivity contribution >= 4 is 34.0 Å². The molecule has 0 radical (unpaired) electrons. The zero-order chi connectivity index (χ0) is 11.1. The van der Waals surface area contributed by atoms with Crippen molar-refractivity contribution in [3.63, 3.8) is 0 Å². The van der Waals surface area contributed by atoms with E-state index in [9.17, 15) is 0 Å². The van der Waals surface area contributed by atoms with Crippen LogP contribution in [0.15, 0.2) is 18.2 Å². The van der Waals surface area contributed by atoms with Crippen molar-refractivity contribution < 1.29 is 0 Å². The van der Waals surface area contributed by atoms with E-state index in [2.05, 4.69) is 40.9 Å². The Hall–Kier alpha value is -0.450. The molecule has 0 saturated carbocycles. The molecular weight excluding hydrogens is 299 g/mol. The summed E-state index contributed by atoms with van der Waals surface area (Å²) >= 11 is 2.31. The van der Waals surface area contributed by atoms with Crippen LogP contribution in [0.4, 0.5) is 11.4 Å². The molecule has 0 bridgehead atoms. The minimum atomic E-state index is 0.830. The highest BCUT2D eigenvalue weighted by Crippen LogP contribution is 2.20. The van der Waals surface area contributed by atoms with Crippen LogP contribution in [-0.2, 0) is 0 Å². The van der Waals surface area contributed by atoms with Gasteiger partial charge in [-0.15, -0.1) is 0 Å². The topological polar surface area (TPSA) is 38.0 Å². The molecule has 1 aromatic rings. The quantitative estimate of drug-likeness (QED) is 0.475. The van der Waals surface area contributed by atoms with Crippen LogP contribution in [0, 0.1) is 3.57 Å². The fourth-order valence-electron chi connectivity index (χ4n) is 1.45. The minimum absolute atomic E-state index is 0.830. The van der Waals surface area contributed by atoms with Crippen molar-refractivity contribution in [2.45, 2.75) is 32.6 Å². The highest BCUT2D eigenvalue weighted by atomic mass is 127. The van der Waals surface area contributed by atoms with Crippen LogP contribution >= 0.6 is 22.6 Å². The second kappa shape index (κ2) is 6.93. The van der Waals surface area contributed by atoms with Crippen molar-refractivity contribution in [3.05, 3.63) is 21.8 Å². The van der Waals surface area contributed by atoms with E-state index in [0.29, 0.717) is 0 Å². The number of anilines is 2. The van der Waals surface area contributed by atoms with Crippen molar-refractivity contribution in [2.24, 2.45) is 0 Å². The highest BCUT2D eigenvalue weighted by Gasteiger charge is 1.98. The molecule has 2 nitrogen and oxygen atoms in total. The SMILES string of the molecule is CCCCCCNc1ccc(N)cc1I. The van der Waals surface area contributed by atoms with Gasteiger partial charge < -0.3 is 11.1 Å². The summed E-state index contributed by atoms with van der Waals surface area (Å²) in [6.07, 6.45) is 5.18. The van der Waals surface area contributed by atoms with Crippen molar-refractivity contribution in [2.75, 3.05) is 17.6 Å². The average Bonchev–Trinajstić information content (AvgIpc) is 2.20. The van der Waals surface area contributed by atoms with E-state index in [0.717, 1.165) is 12.2 Å². The van der Waals surface area contributed by atoms with Crippen LogP contribution in [-0.4, -0.2) is 6.54 Å². The Morgan fingerprint density at radius 2 is 2.07 bits per heavy atom. The summed E-state index contributed by atoms with van der Waals surface area (Å²) in [4.78, 5) is 0. The number of unbranched alkanes of at least 4 members (excludes halogenated alkanes) is 3. The molecule has 3 heteroatoms. The van der Waals surface area contributed by atoms with Gasteiger partial charge in [0.25, 0.3) is 0 Å². The zero-order valence-corrected chi connectivity index (χ0v) is 11.4. The lowest BCUT2D eigenvalue weighted by molar-refractivity contribution is 0.685. The average molecular weight is 318 g/mol. The fourth-order valence-corrected chi connectivity index (χ4v) is 2.18. The number of halogens is 1. The standard InChI is InChI=1S/C12H19IN2/c1-2-3-4-5-8-15-12-7-6-10(14)9-11(12)13/h6-7,9,15H,2-5,8,14H2,1H3. The number of rotatable bonds is 6. The Balaban J connectivity index is 2.31. The first-order valence-corrected chi connectivity index (χ1v) is 6.61. The summed E-state index contributed by atoms with van der Waals surface area (Å²) in [7, 11) is 0. The van der Waals surface area contributed by atoms with E-state index in [-0.39, 0.29) is 0 Å². The van der Waals surface area contributed by atoms with Crippen LogP contribution < -0.4 is 11.1 Å². The molecule has 0 unspecified atom stereocenters. The third-order valence-electron chi connectivity index (χ3n) is 2.34. The summed E-state index contributed by atoms with van der Waals surface area (Å²) in [5.74, 6) is 0. The van der Waals surface area contributed by atoms with E-state index in [1.807, 2.05) is 12.1 Å². The Morgan fingerprint density at radius 1 is 1.27 bits per heavy atom. The Kier molecular flexibility index (Phi) is 5.83. The molecule has 1 aromatic carbocycles. The zero-order valence-electron chi connectivity index (χ0n) is 9.22. The second-order valence-corrected chi connectivity index (χ2v) is 4.89. The van der Waals surface area contributed by atoms with E-state index >= 15 is 0 Å². The number of hydrogen-bond acceptors (Lipinski definition) is 2. The normalized spacial score (nSPS) is 10.3. The predicted molar refractivity (Wildman–Crippen MR) is 76.2 cm³/mol. The van der Waals surface area contributed by atoms with Gasteiger partial charge in [0.05, 0.1) is 0 Å². The molecule has 0 fully saturated rings. The third-order valence-corrected chi connectivity index (χ3v) is 3.23. The van der Waals surface area contributed by atoms with Crippen LogP contribution in [0.5, 0.6) is 0 Å². The van der Waals surface area contributed by atoms with Crippen LogP contribution in [0.3, 0.4) is 0 Å². The third kappa shape index (κ3) is 4.73. The van der Waals surface area contributed by atoms with Gasteiger partial charge in [0, 0.05) is 21.5 Å². The summed E-state index contributed by atoms with van der Waals surface area (Å²) < 4.78 is 1.20. The van der Waals surface area contributed by atoms with Crippen molar-refractivity contribution in [3.8, 4) is 0 Å². The van der Waals surface area contributed by atoms with E-state index in [1.165, 1.54) is 34.9 Å². The Labute approximate surface area is 106 Å². The molecule has 0 aliphatic rings. The molecule has 0 amide bonds. The monoisotopic (exact) mass is 318 g/mol. The number of benzene rings is 1. The Morgan fingerprint density at radius 3 is 2.73 bits per heavy atom. The molecule has 0 aromatic heterocycles. The lowest BCUT2D eigenvalue weighted by Crippen LogP contribution is -2.03. The molecule has 15 heavy (non-hydrogen) atoms. The van der Waals surface area contributed by atoms with E-state index < -0.39 is 0 Å². The maximum absolute atomic E-state index is 5.69. The molecule has 0 heterocycles. The lowest BCUT2D eigenvalue weighted by atomic mass is 10.2. The molecular formula is C12H19IN2. The van der Waals surface area contributed by atoms with E-state index in [4.69, 9.17) is 5.73 Å².